The van der Waals surface area contributed by atoms with Crippen molar-refractivity contribution < 1.29 is 0 Å². The van der Waals surface area contributed by atoms with Crippen LogP contribution in [0, 0.1) is 11.3 Å². The number of nitrogens with zero attached hydrogens (tertiary/aromatic N) is 3. The molecule has 1 fully saturated rings. The van der Waals surface area contributed by atoms with Crippen LogP contribution < -0.4 is 0 Å². The van der Waals surface area contributed by atoms with E-state index in [9.17, 15) is 0 Å². The molecule has 0 atom stereocenters. The molecule has 1 heterocycles. The summed E-state index contributed by atoms with van der Waals surface area (Å²) in [7, 11) is 1.95. The summed E-state index contributed by atoms with van der Waals surface area (Å²) in [6.45, 7) is 0. The molecular formula is C9H11N3. The Morgan fingerprint density at radius 2 is 2.50 bits per heavy atom. The average Bonchev–Trinajstić information content (AvgIpc) is 2.80. The fourth-order valence-electron chi connectivity index (χ4n) is 1.60. The van der Waals surface area contributed by atoms with E-state index < -0.39 is 0 Å². The lowest BCUT2D eigenvalue weighted by Gasteiger charge is -2.00. The minimum Gasteiger partial charge on any atom is -0.272 e. The van der Waals surface area contributed by atoms with E-state index in [0.717, 1.165) is 5.56 Å². The molecule has 0 N–H and O–H groups in total. The first kappa shape index (κ1) is 7.35. The summed E-state index contributed by atoms with van der Waals surface area (Å²) in [5, 5.41) is 12.7. The zero-order valence-corrected chi connectivity index (χ0v) is 7.12. The van der Waals surface area contributed by atoms with E-state index in [-0.39, 0.29) is 0 Å². The van der Waals surface area contributed by atoms with Crippen molar-refractivity contribution in [3.8, 4) is 6.07 Å². The summed E-state index contributed by atoms with van der Waals surface area (Å²) < 4.78 is 1.91. The van der Waals surface area contributed by atoms with E-state index in [2.05, 4.69) is 11.2 Å². The van der Waals surface area contributed by atoms with Gasteiger partial charge in [0.05, 0.1) is 18.7 Å². The fraction of sp³-hybridized carbons (Fsp3) is 0.556. The highest BCUT2D eigenvalue weighted by molar-refractivity contribution is 5.27. The van der Waals surface area contributed by atoms with Gasteiger partial charge in [0.2, 0.25) is 0 Å². The van der Waals surface area contributed by atoms with Crippen LogP contribution in [0.1, 0.15) is 30.0 Å². The number of rotatable bonds is 2. The van der Waals surface area contributed by atoms with Gasteiger partial charge in [-0.3, -0.25) is 4.68 Å². The molecule has 0 radical (unpaired) electrons. The van der Waals surface area contributed by atoms with Gasteiger partial charge in [0, 0.05) is 24.2 Å². The molecule has 0 bridgehead atoms. The molecule has 1 aromatic heterocycles. The van der Waals surface area contributed by atoms with Gasteiger partial charge in [-0.2, -0.15) is 10.4 Å². The number of hydrogen-bond donors (Lipinski definition) is 0. The van der Waals surface area contributed by atoms with Crippen molar-refractivity contribution >= 4 is 0 Å². The molecule has 12 heavy (non-hydrogen) atoms. The lowest BCUT2D eigenvalue weighted by molar-refractivity contribution is 0.711. The molecule has 1 aliphatic rings. The third kappa shape index (κ3) is 1.10. The maximum atomic E-state index is 8.57. The third-order valence-electron chi connectivity index (χ3n) is 2.30. The Labute approximate surface area is 71.6 Å². The summed E-state index contributed by atoms with van der Waals surface area (Å²) in [6.07, 6.45) is 4.84. The summed E-state index contributed by atoms with van der Waals surface area (Å²) in [6, 6.07) is 2.17. The van der Waals surface area contributed by atoms with Crippen LogP contribution in [0.15, 0.2) is 6.20 Å². The number of hydrogen-bond acceptors (Lipinski definition) is 2. The van der Waals surface area contributed by atoms with Crippen molar-refractivity contribution in [1.82, 2.24) is 9.78 Å². The smallest absolute Gasteiger partial charge is 0.0671 e. The second kappa shape index (κ2) is 2.63. The SMILES string of the molecule is Cn1ncc(CC#N)c1C1CC1. The molecule has 0 spiro atoms. The maximum absolute atomic E-state index is 8.57. The number of aromatic nitrogens is 2. The monoisotopic (exact) mass is 161 g/mol. The third-order valence-corrected chi connectivity index (χ3v) is 2.30. The lowest BCUT2D eigenvalue weighted by atomic mass is 10.1. The van der Waals surface area contributed by atoms with Crippen LogP contribution in [-0.2, 0) is 13.5 Å². The van der Waals surface area contributed by atoms with Crippen molar-refractivity contribution in [2.45, 2.75) is 25.2 Å². The predicted octanol–water partition coefficient (Wildman–Crippen LogP) is 1.36. The Hall–Kier alpha value is -1.30. The zero-order chi connectivity index (χ0) is 8.55. The highest BCUT2D eigenvalue weighted by Gasteiger charge is 2.28. The summed E-state index contributed by atoms with van der Waals surface area (Å²) >= 11 is 0. The standard InChI is InChI=1S/C9H11N3/c1-12-9(7-2-3-7)8(4-5-10)6-11-12/h6-7H,2-4H2,1H3. The van der Waals surface area contributed by atoms with Crippen LogP contribution in [0.4, 0.5) is 0 Å². The molecular weight excluding hydrogens is 150 g/mol. The van der Waals surface area contributed by atoms with Crippen LogP contribution in [-0.4, -0.2) is 9.78 Å². The first-order valence-corrected chi connectivity index (χ1v) is 4.20. The Morgan fingerprint density at radius 1 is 1.75 bits per heavy atom. The normalized spacial score (nSPS) is 16.0. The minimum absolute atomic E-state index is 0.500. The Kier molecular flexibility index (Phi) is 1.61. The molecule has 0 unspecified atom stereocenters. The van der Waals surface area contributed by atoms with Gasteiger partial charge >= 0.3 is 0 Å². The van der Waals surface area contributed by atoms with Crippen molar-refractivity contribution in [3.05, 3.63) is 17.5 Å². The van der Waals surface area contributed by atoms with E-state index in [4.69, 9.17) is 5.26 Å². The van der Waals surface area contributed by atoms with Gasteiger partial charge in [-0.25, -0.2) is 0 Å². The fourth-order valence-corrected chi connectivity index (χ4v) is 1.60. The van der Waals surface area contributed by atoms with Crippen LogP contribution in [0.25, 0.3) is 0 Å². The quantitative estimate of drug-likeness (QED) is 0.657. The Balaban J connectivity index is 2.34. The number of aryl methyl sites for hydroxylation is 1. The van der Waals surface area contributed by atoms with Crippen LogP contribution >= 0.6 is 0 Å². The second-order valence-corrected chi connectivity index (χ2v) is 3.29. The molecule has 0 aromatic carbocycles. The highest BCUT2D eigenvalue weighted by atomic mass is 15.3. The molecule has 3 nitrogen and oxygen atoms in total. The van der Waals surface area contributed by atoms with Crippen LogP contribution in [0.2, 0.25) is 0 Å². The lowest BCUT2D eigenvalue weighted by Crippen LogP contribution is -1.98. The highest BCUT2D eigenvalue weighted by Crippen LogP contribution is 2.41. The van der Waals surface area contributed by atoms with E-state index in [0.29, 0.717) is 12.3 Å². The van der Waals surface area contributed by atoms with Gasteiger partial charge in [-0.15, -0.1) is 0 Å². The predicted molar refractivity (Wildman–Crippen MR) is 44.5 cm³/mol. The molecule has 0 aliphatic heterocycles. The molecule has 1 aliphatic carbocycles. The van der Waals surface area contributed by atoms with Gasteiger partial charge < -0.3 is 0 Å². The zero-order valence-electron chi connectivity index (χ0n) is 7.12. The van der Waals surface area contributed by atoms with Crippen molar-refractivity contribution in [3.63, 3.8) is 0 Å². The van der Waals surface area contributed by atoms with Crippen LogP contribution in [0.3, 0.4) is 0 Å². The van der Waals surface area contributed by atoms with E-state index >= 15 is 0 Å². The largest absolute Gasteiger partial charge is 0.272 e. The molecule has 62 valence electrons. The first-order valence-electron chi connectivity index (χ1n) is 4.20. The van der Waals surface area contributed by atoms with Crippen molar-refractivity contribution in [1.29, 1.82) is 5.26 Å². The molecule has 2 rings (SSSR count). The van der Waals surface area contributed by atoms with Gasteiger partial charge in [0.15, 0.2) is 0 Å². The van der Waals surface area contributed by atoms with Gasteiger partial charge in [0.1, 0.15) is 0 Å². The van der Waals surface area contributed by atoms with E-state index in [1.54, 1.807) is 0 Å². The maximum Gasteiger partial charge on any atom is 0.0671 e. The van der Waals surface area contributed by atoms with E-state index in [1.165, 1.54) is 18.5 Å². The Morgan fingerprint density at radius 3 is 3.08 bits per heavy atom. The molecule has 3 heteroatoms. The molecule has 1 aromatic rings. The van der Waals surface area contributed by atoms with Crippen LogP contribution in [0.5, 0.6) is 0 Å². The second-order valence-electron chi connectivity index (χ2n) is 3.29. The summed E-state index contributed by atoms with van der Waals surface area (Å²) in [4.78, 5) is 0. The number of nitriles is 1. The summed E-state index contributed by atoms with van der Waals surface area (Å²) in [5.74, 6) is 0.681. The van der Waals surface area contributed by atoms with Crippen molar-refractivity contribution in [2.24, 2.45) is 7.05 Å². The Bertz CT molecular complexity index is 328. The first-order chi connectivity index (χ1) is 5.83. The van der Waals surface area contributed by atoms with Gasteiger partial charge in [0.25, 0.3) is 0 Å². The molecule has 0 amide bonds. The van der Waals surface area contributed by atoms with Crippen molar-refractivity contribution in [2.75, 3.05) is 0 Å². The molecule has 1 saturated carbocycles. The topological polar surface area (TPSA) is 41.6 Å². The summed E-state index contributed by atoms with van der Waals surface area (Å²) in [5.41, 5.74) is 2.39. The minimum atomic E-state index is 0.500. The van der Waals surface area contributed by atoms with Gasteiger partial charge in [-0.1, -0.05) is 0 Å². The van der Waals surface area contributed by atoms with E-state index in [1.807, 2.05) is 17.9 Å². The molecule has 0 saturated heterocycles. The van der Waals surface area contributed by atoms with Gasteiger partial charge in [-0.05, 0) is 12.8 Å². The average molecular weight is 161 g/mol.